The largest absolute Gasteiger partial charge is 0.309 e. The van der Waals surface area contributed by atoms with Crippen LogP contribution < -0.4 is 5.32 Å². The van der Waals surface area contributed by atoms with Crippen LogP contribution in [0.25, 0.3) is 6.08 Å². The predicted molar refractivity (Wildman–Crippen MR) is 81.8 cm³/mol. The fourth-order valence-corrected chi connectivity index (χ4v) is 4.78. The van der Waals surface area contributed by atoms with Gasteiger partial charge in [-0.2, -0.15) is 0 Å². The van der Waals surface area contributed by atoms with Gasteiger partial charge in [0, 0.05) is 12.1 Å². The Morgan fingerprint density at radius 2 is 2.00 bits per heavy atom. The Morgan fingerprint density at radius 1 is 1.20 bits per heavy atom. The van der Waals surface area contributed by atoms with Crippen LogP contribution in [0.3, 0.4) is 0 Å². The lowest BCUT2D eigenvalue weighted by atomic mass is 9.91. The molecule has 0 aromatic heterocycles. The molecule has 4 rings (SSSR count). The molecule has 2 heterocycles. The molecule has 3 atom stereocenters. The first-order valence-electron chi connectivity index (χ1n) is 7.35. The normalized spacial score (nSPS) is 34.4. The zero-order chi connectivity index (χ0) is 13.5. The molecule has 0 spiro atoms. The number of thioether (sulfide) groups is 1. The lowest BCUT2D eigenvalue weighted by molar-refractivity contribution is -0.127. The summed E-state index contributed by atoms with van der Waals surface area (Å²) in [7, 11) is 0. The molecule has 2 aliphatic heterocycles. The summed E-state index contributed by atoms with van der Waals surface area (Å²) in [5.74, 6) is 0.214. The first-order chi connectivity index (χ1) is 9.83. The second kappa shape index (κ2) is 4.93. The number of nitrogens with one attached hydrogen (secondary N) is 1. The van der Waals surface area contributed by atoms with Crippen LogP contribution in [-0.4, -0.2) is 28.4 Å². The van der Waals surface area contributed by atoms with Crippen LogP contribution in [0.2, 0.25) is 0 Å². The molecule has 0 radical (unpaired) electrons. The Kier molecular flexibility index (Phi) is 3.08. The van der Waals surface area contributed by atoms with Gasteiger partial charge in [-0.3, -0.25) is 10.1 Å². The van der Waals surface area contributed by atoms with Crippen molar-refractivity contribution in [3.05, 3.63) is 40.8 Å². The molecule has 1 amide bonds. The topological polar surface area (TPSA) is 32.3 Å². The third-order valence-corrected chi connectivity index (χ3v) is 5.61. The van der Waals surface area contributed by atoms with Crippen LogP contribution in [0.5, 0.6) is 0 Å². The molecule has 1 aromatic rings. The molecule has 2 saturated heterocycles. The van der Waals surface area contributed by atoms with Crippen LogP contribution >= 0.6 is 11.8 Å². The molecular weight excluding hydrogens is 268 g/mol. The minimum Gasteiger partial charge on any atom is -0.309 e. The van der Waals surface area contributed by atoms with Gasteiger partial charge in [-0.15, -0.1) is 0 Å². The van der Waals surface area contributed by atoms with Crippen molar-refractivity contribution in [2.75, 3.05) is 0 Å². The van der Waals surface area contributed by atoms with Gasteiger partial charge in [0.2, 0.25) is 0 Å². The van der Waals surface area contributed by atoms with E-state index in [1.807, 2.05) is 36.4 Å². The second-order valence-corrected chi connectivity index (χ2v) is 6.85. The van der Waals surface area contributed by atoms with Crippen LogP contribution in [0, 0.1) is 0 Å². The standard InChI is InChI=1S/C16H18N2OS/c19-15-14(10-11-6-2-1-3-7-11)20-16-17-12-8-4-5-9-13(12)18(15)16/h1-3,6-7,10,12-13,16-17H,4-5,8-9H2. The van der Waals surface area contributed by atoms with E-state index in [0.717, 1.165) is 16.9 Å². The lowest BCUT2D eigenvalue weighted by Gasteiger charge is -2.29. The van der Waals surface area contributed by atoms with E-state index in [9.17, 15) is 4.79 Å². The third kappa shape index (κ3) is 1.98. The Hall–Kier alpha value is -1.26. The van der Waals surface area contributed by atoms with E-state index in [1.54, 1.807) is 11.8 Å². The van der Waals surface area contributed by atoms with Crippen molar-refractivity contribution in [3.8, 4) is 0 Å². The highest BCUT2D eigenvalue weighted by Gasteiger charge is 2.49. The molecule has 3 aliphatic rings. The van der Waals surface area contributed by atoms with Crippen LogP contribution in [0.1, 0.15) is 31.2 Å². The van der Waals surface area contributed by atoms with E-state index in [2.05, 4.69) is 10.2 Å². The van der Waals surface area contributed by atoms with Gasteiger partial charge in [0.1, 0.15) is 5.50 Å². The van der Waals surface area contributed by atoms with E-state index in [1.165, 1.54) is 19.3 Å². The van der Waals surface area contributed by atoms with Crippen molar-refractivity contribution in [1.82, 2.24) is 10.2 Å². The Morgan fingerprint density at radius 3 is 2.85 bits per heavy atom. The zero-order valence-corrected chi connectivity index (χ0v) is 12.1. The molecule has 0 bridgehead atoms. The molecule has 1 N–H and O–H groups in total. The molecule has 20 heavy (non-hydrogen) atoms. The number of nitrogens with zero attached hydrogens (tertiary/aromatic N) is 1. The summed E-state index contributed by atoms with van der Waals surface area (Å²) in [6, 6.07) is 11.0. The number of hydrogen-bond donors (Lipinski definition) is 1. The summed E-state index contributed by atoms with van der Waals surface area (Å²) in [4.78, 5) is 15.6. The second-order valence-electron chi connectivity index (χ2n) is 5.73. The van der Waals surface area contributed by atoms with E-state index < -0.39 is 0 Å². The number of carbonyl (C=O) groups excluding carboxylic acids is 1. The van der Waals surface area contributed by atoms with Gasteiger partial charge < -0.3 is 4.90 Å². The molecule has 1 aliphatic carbocycles. The van der Waals surface area contributed by atoms with E-state index in [0.29, 0.717) is 12.1 Å². The van der Waals surface area contributed by atoms with Gasteiger partial charge in [0.15, 0.2) is 0 Å². The minimum absolute atomic E-state index is 0.158. The number of rotatable bonds is 1. The molecular formula is C16H18N2OS. The van der Waals surface area contributed by atoms with Crippen molar-refractivity contribution >= 4 is 23.7 Å². The maximum Gasteiger partial charge on any atom is 0.262 e. The van der Waals surface area contributed by atoms with Gasteiger partial charge in [0.05, 0.1) is 4.91 Å². The number of hydrogen-bond acceptors (Lipinski definition) is 3. The zero-order valence-electron chi connectivity index (χ0n) is 11.3. The Labute approximate surface area is 123 Å². The van der Waals surface area contributed by atoms with Crippen molar-refractivity contribution in [3.63, 3.8) is 0 Å². The highest BCUT2D eigenvalue weighted by atomic mass is 32.2. The number of carbonyl (C=O) groups is 1. The molecule has 4 heteroatoms. The quantitative estimate of drug-likeness (QED) is 0.806. The molecule has 1 aromatic carbocycles. The first kappa shape index (κ1) is 12.5. The summed E-state index contributed by atoms with van der Waals surface area (Å²) in [6.07, 6.45) is 6.93. The van der Waals surface area contributed by atoms with Crippen molar-refractivity contribution < 1.29 is 4.79 Å². The van der Waals surface area contributed by atoms with Crippen molar-refractivity contribution in [2.45, 2.75) is 43.3 Å². The average Bonchev–Trinajstić information content (AvgIpc) is 2.98. The molecule has 3 nitrogen and oxygen atoms in total. The third-order valence-electron chi connectivity index (χ3n) is 4.48. The minimum atomic E-state index is 0.158. The van der Waals surface area contributed by atoms with Crippen LogP contribution in [0.4, 0.5) is 0 Å². The summed E-state index contributed by atoms with van der Waals surface area (Å²) in [5.41, 5.74) is 1.26. The fourth-order valence-electron chi connectivity index (χ4n) is 3.52. The molecule has 1 saturated carbocycles. The predicted octanol–water partition coefficient (Wildman–Crippen LogP) is 2.80. The summed E-state index contributed by atoms with van der Waals surface area (Å²) in [6.45, 7) is 0. The molecule has 3 unspecified atom stereocenters. The van der Waals surface area contributed by atoms with Gasteiger partial charge in [-0.25, -0.2) is 0 Å². The lowest BCUT2D eigenvalue weighted by Crippen LogP contribution is -2.40. The molecule has 3 fully saturated rings. The fraction of sp³-hybridized carbons (Fsp3) is 0.438. The SMILES string of the molecule is O=C1C(=Cc2ccccc2)SC2NC3CCCCC3N12. The van der Waals surface area contributed by atoms with Gasteiger partial charge in [0.25, 0.3) is 5.91 Å². The Bertz CT molecular complexity index is 557. The van der Waals surface area contributed by atoms with E-state index in [4.69, 9.17) is 0 Å². The summed E-state index contributed by atoms with van der Waals surface area (Å²) < 4.78 is 0. The molecule has 104 valence electrons. The first-order valence-corrected chi connectivity index (χ1v) is 8.23. The summed E-state index contributed by atoms with van der Waals surface area (Å²) in [5, 5.41) is 3.63. The number of benzene rings is 1. The smallest absolute Gasteiger partial charge is 0.262 e. The highest BCUT2D eigenvalue weighted by molar-refractivity contribution is 8.05. The monoisotopic (exact) mass is 286 g/mol. The number of fused-ring (bicyclic) bond motifs is 3. The Balaban J connectivity index is 1.59. The van der Waals surface area contributed by atoms with E-state index >= 15 is 0 Å². The summed E-state index contributed by atoms with van der Waals surface area (Å²) >= 11 is 1.68. The van der Waals surface area contributed by atoms with Crippen molar-refractivity contribution in [1.29, 1.82) is 0 Å². The number of amides is 1. The maximum absolute atomic E-state index is 12.6. The van der Waals surface area contributed by atoms with Gasteiger partial charge >= 0.3 is 0 Å². The highest BCUT2D eigenvalue weighted by Crippen LogP contribution is 2.43. The van der Waals surface area contributed by atoms with Gasteiger partial charge in [-0.1, -0.05) is 54.9 Å². The van der Waals surface area contributed by atoms with Crippen LogP contribution in [-0.2, 0) is 4.79 Å². The van der Waals surface area contributed by atoms with Crippen LogP contribution in [0.15, 0.2) is 35.2 Å². The van der Waals surface area contributed by atoms with E-state index in [-0.39, 0.29) is 11.4 Å². The van der Waals surface area contributed by atoms with Crippen molar-refractivity contribution in [2.24, 2.45) is 0 Å². The maximum atomic E-state index is 12.6. The van der Waals surface area contributed by atoms with Gasteiger partial charge in [-0.05, 0) is 24.5 Å². The average molecular weight is 286 g/mol.